The van der Waals surface area contributed by atoms with E-state index in [0.29, 0.717) is 18.2 Å². The molecule has 0 aliphatic carbocycles. The van der Waals surface area contributed by atoms with Crippen LogP contribution in [0.1, 0.15) is 12.5 Å². The lowest BCUT2D eigenvalue weighted by atomic mass is 10.2. The Hall–Kier alpha value is -2.30. The summed E-state index contributed by atoms with van der Waals surface area (Å²) < 4.78 is 5.28. The maximum Gasteiger partial charge on any atom is 0.213 e. The molecule has 3 N–H and O–H groups in total. The highest BCUT2D eigenvalue weighted by Crippen LogP contribution is 2.20. The fourth-order valence-electron chi connectivity index (χ4n) is 1.55. The average molecular weight is 244 g/mol. The summed E-state index contributed by atoms with van der Waals surface area (Å²) in [5.41, 5.74) is 8.16. The van der Waals surface area contributed by atoms with E-state index < -0.39 is 0 Å². The van der Waals surface area contributed by atoms with Gasteiger partial charge >= 0.3 is 0 Å². The number of ether oxygens (including phenoxy) is 1. The van der Waals surface area contributed by atoms with Gasteiger partial charge in [0.15, 0.2) is 0 Å². The Bertz CT molecular complexity index is 525. The summed E-state index contributed by atoms with van der Waals surface area (Å²) in [6.45, 7) is 4.49. The van der Waals surface area contributed by atoms with Crippen molar-refractivity contribution < 1.29 is 4.74 Å². The predicted octanol–water partition coefficient (Wildman–Crippen LogP) is 2.51. The second kappa shape index (κ2) is 5.35. The molecule has 0 aliphatic heterocycles. The van der Waals surface area contributed by atoms with Crippen molar-refractivity contribution in [1.29, 1.82) is 0 Å². The highest BCUT2D eigenvalue weighted by Gasteiger charge is 2.02. The Balaban J connectivity index is 2.13. The molecular formula is C13H16N4O. The molecular weight excluding hydrogens is 228 g/mol. The van der Waals surface area contributed by atoms with Crippen molar-refractivity contribution >= 4 is 17.2 Å². The van der Waals surface area contributed by atoms with Crippen LogP contribution >= 0.6 is 0 Å². The van der Waals surface area contributed by atoms with Crippen molar-refractivity contribution in [2.45, 2.75) is 13.8 Å². The first-order valence-electron chi connectivity index (χ1n) is 5.77. The predicted molar refractivity (Wildman–Crippen MR) is 72.1 cm³/mol. The zero-order valence-electron chi connectivity index (χ0n) is 10.5. The lowest BCUT2D eigenvalue weighted by Crippen LogP contribution is -1.99. The number of anilines is 3. The van der Waals surface area contributed by atoms with Crippen LogP contribution < -0.4 is 15.8 Å². The van der Waals surface area contributed by atoms with Crippen LogP contribution in [-0.2, 0) is 0 Å². The molecule has 2 aromatic rings. The van der Waals surface area contributed by atoms with E-state index in [1.165, 1.54) is 0 Å². The Morgan fingerprint density at radius 3 is 2.72 bits per heavy atom. The van der Waals surface area contributed by atoms with E-state index in [1.54, 1.807) is 12.4 Å². The quantitative estimate of drug-likeness (QED) is 0.864. The monoisotopic (exact) mass is 244 g/mol. The lowest BCUT2D eigenvalue weighted by Gasteiger charge is -2.09. The Labute approximate surface area is 106 Å². The molecule has 0 atom stereocenters. The van der Waals surface area contributed by atoms with Crippen LogP contribution in [0, 0.1) is 6.92 Å². The van der Waals surface area contributed by atoms with Gasteiger partial charge in [0, 0.05) is 6.07 Å². The third-order valence-electron chi connectivity index (χ3n) is 2.39. The minimum atomic E-state index is 0.610. The fourth-order valence-corrected chi connectivity index (χ4v) is 1.55. The van der Waals surface area contributed by atoms with Crippen LogP contribution in [0.5, 0.6) is 5.88 Å². The van der Waals surface area contributed by atoms with Gasteiger partial charge in [0.2, 0.25) is 5.88 Å². The molecule has 0 saturated carbocycles. The van der Waals surface area contributed by atoms with Gasteiger partial charge < -0.3 is 15.8 Å². The Morgan fingerprint density at radius 1 is 1.28 bits per heavy atom. The second-order valence-electron chi connectivity index (χ2n) is 3.88. The summed E-state index contributed by atoms with van der Waals surface area (Å²) in [5.74, 6) is 1.39. The van der Waals surface area contributed by atoms with Gasteiger partial charge in [-0.05, 0) is 31.5 Å². The molecule has 0 bridgehead atoms. The summed E-state index contributed by atoms with van der Waals surface area (Å²) >= 11 is 0. The molecule has 0 radical (unpaired) electrons. The molecule has 0 saturated heterocycles. The summed E-state index contributed by atoms with van der Waals surface area (Å²) in [4.78, 5) is 8.41. The number of aromatic nitrogens is 2. The van der Waals surface area contributed by atoms with E-state index in [-0.39, 0.29) is 0 Å². The molecule has 0 spiro atoms. The van der Waals surface area contributed by atoms with E-state index in [2.05, 4.69) is 15.3 Å². The molecule has 2 aromatic heterocycles. The number of aryl methyl sites for hydroxylation is 1. The molecule has 0 amide bonds. The number of nitrogen functional groups attached to an aromatic ring is 1. The number of hydrogen-bond donors (Lipinski definition) is 2. The molecule has 5 nitrogen and oxygen atoms in total. The van der Waals surface area contributed by atoms with Crippen molar-refractivity contribution in [1.82, 2.24) is 9.97 Å². The molecule has 18 heavy (non-hydrogen) atoms. The van der Waals surface area contributed by atoms with Crippen LogP contribution in [0.3, 0.4) is 0 Å². The number of pyridine rings is 2. The molecule has 5 heteroatoms. The average Bonchev–Trinajstić information content (AvgIpc) is 2.35. The van der Waals surface area contributed by atoms with E-state index in [1.807, 2.05) is 32.0 Å². The van der Waals surface area contributed by atoms with Gasteiger partial charge in [-0.3, -0.25) is 0 Å². The van der Waals surface area contributed by atoms with Crippen LogP contribution in [0.15, 0.2) is 30.6 Å². The SMILES string of the molecule is CCOc1ccc(Nc2ncc(N)cc2C)cn1. The third kappa shape index (κ3) is 2.88. The van der Waals surface area contributed by atoms with Crippen molar-refractivity contribution in [3.05, 3.63) is 36.2 Å². The van der Waals surface area contributed by atoms with Gasteiger partial charge in [-0.2, -0.15) is 0 Å². The first-order chi connectivity index (χ1) is 8.69. The number of rotatable bonds is 4. The van der Waals surface area contributed by atoms with Crippen LogP contribution in [0.4, 0.5) is 17.2 Å². The van der Waals surface area contributed by atoms with Gasteiger partial charge in [0.25, 0.3) is 0 Å². The minimum absolute atomic E-state index is 0.610. The van der Waals surface area contributed by atoms with Crippen LogP contribution in [0.2, 0.25) is 0 Å². The molecule has 0 aliphatic rings. The van der Waals surface area contributed by atoms with Gasteiger partial charge in [-0.1, -0.05) is 0 Å². The number of nitrogens with zero attached hydrogens (tertiary/aromatic N) is 2. The van der Waals surface area contributed by atoms with E-state index >= 15 is 0 Å². The topological polar surface area (TPSA) is 73.1 Å². The van der Waals surface area contributed by atoms with Gasteiger partial charge in [0.05, 0.1) is 30.4 Å². The Kier molecular flexibility index (Phi) is 3.62. The van der Waals surface area contributed by atoms with Crippen molar-refractivity contribution in [3.63, 3.8) is 0 Å². The standard InChI is InChI=1S/C13H16N4O/c1-3-18-12-5-4-11(8-15-12)17-13-9(2)6-10(14)7-16-13/h4-8H,3,14H2,1-2H3,(H,16,17). The number of hydrogen-bond acceptors (Lipinski definition) is 5. The van der Waals surface area contributed by atoms with Crippen molar-refractivity contribution in [3.8, 4) is 5.88 Å². The molecule has 0 unspecified atom stereocenters. The summed E-state index contributed by atoms with van der Waals surface area (Å²) in [7, 11) is 0. The summed E-state index contributed by atoms with van der Waals surface area (Å²) in [5, 5.41) is 3.18. The zero-order valence-corrected chi connectivity index (χ0v) is 10.5. The molecule has 2 rings (SSSR count). The third-order valence-corrected chi connectivity index (χ3v) is 2.39. The Morgan fingerprint density at radius 2 is 2.11 bits per heavy atom. The van der Waals surface area contributed by atoms with Crippen LogP contribution in [0.25, 0.3) is 0 Å². The molecule has 94 valence electrons. The first-order valence-corrected chi connectivity index (χ1v) is 5.77. The minimum Gasteiger partial charge on any atom is -0.478 e. The van der Waals surface area contributed by atoms with E-state index in [9.17, 15) is 0 Å². The van der Waals surface area contributed by atoms with E-state index in [0.717, 1.165) is 17.1 Å². The highest BCUT2D eigenvalue weighted by molar-refractivity contribution is 5.60. The van der Waals surface area contributed by atoms with Gasteiger partial charge in [-0.15, -0.1) is 0 Å². The molecule has 2 heterocycles. The van der Waals surface area contributed by atoms with Gasteiger partial charge in [-0.25, -0.2) is 9.97 Å². The summed E-state index contributed by atoms with van der Waals surface area (Å²) in [6.07, 6.45) is 3.33. The van der Waals surface area contributed by atoms with E-state index in [4.69, 9.17) is 10.5 Å². The lowest BCUT2D eigenvalue weighted by molar-refractivity contribution is 0.327. The van der Waals surface area contributed by atoms with Crippen molar-refractivity contribution in [2.75, 3.05) is 17.7 Å². The molecule has 0 fully saturated rings. The normalized spacial score (nSPS) is 10.1. The fraction of sp³-hybridized carbons (Fsp3) is 0.231. The smallest absolute Gasteiger partial charge is 0.213 e. The van der Waals surface area contributed by atoms with Crippen molar-refractivity contribution in [2.24, 2.45) is 0 Å². The largest absolute Gasteiger partial charge is 0.478 e. The first kappa shape index (κ1) is 12.2. The maximum absolute atomic E-state index is 5.65. The number of nitrogens with two attached hydrogens (primary N) is 1. The second-order valence-corrected chi connectivity index (χ2v) is 3.88. The maximum atomic E-state index is 5.65. The zero-order chi connectivity index (χ0) is 13.0. The highest BCUT2D eigenvalue weighted by atomic mass is 16.5. The van der Waals surface area contributed by atoms with Crippen LogP contribution in [-0.4, -0.2) is 16.6 Å². The number of nitrogens with one attached hydrogen (secondary N) is 1. The summed E-state index contributed by atoms with van der Waals surface area (Å²) in [6, 6.07) is 5.59. The molecule has 0 aromatic carbocycles. The van der Waals surface area contributed by atoms with Gasteiger partial charge in [0.1, 0.15) is 5.82 Å².